The highest BCUT2D eigenvalue weighted by atomic mass is 16.5. The van der Waals surface area contributed by atoms with Crippen LogP contribution in [0.5, 0.6) is 5.88 Å². The first-order valence-electron chi connectivity index (χ1n) is 7.27. The average molecular weight is 266 g/mol. The van der Waals surface area contributed by atoms with Gasteiger partial charge >= 0.3 is 0 Å². The maximum absolute atomic E-state index is 5.66. The third-order valence-corrected chi connectivity index (χ3v) is 2.77. The molecule has 0 unspecified atom stereocenters. The summed E-state index contributed by atoms with van der Waals surface area (Å²) in [6.45, 7) is 5.87. The molecule has 0 atom stereocenters. The summed E-state index contributed by atoms with van der Waals surface area (Å²) in [5, 5.41) is 3.18. The second-order valence-electron chi connectivity index (χ2n) is 4.64. The number of anilines is 2. The van der Waals surface area contributed by atoms with Gasteiger partial charge in [-0.05, 0) is 12.8 Å². The van der Waals surface area contributed by atoms with Crippen LogP contribution in [0.2, 0.25) is 0 Å². The van der Waals surface area contributed by atoms with E-state index in [1.54, 1.807) is 6.07 Å². The van der Waals surface area contributed by atoms with Crippen molar-refractivity contribution >= 4 is 11.8 Å². The van der Waals surface area contributed by atoms with E-state index in [0.29, 0.717) is 12.5 Å². The highest BCUT2D eigenvalue weighted by molar-refractivity contribution is 5.42. The lowest BCUT2D eigenvalue weighted by molar-refractivity contribution is 0.293. The Kier molecular flexibility index (Phi) is 7.70. The molecule has 0 saturated heterocycles. The summed E-state index contributed by atoms with van der Waals surface area (Å²) < 4.78 is 5.62. The Morgan fingerprint density at radius 2 is 1.89 bits per heavy atom. The molecule has 5 heteroatoms. The smallest absolute Gasteiger partial charge is 0.225 e. The van der Waals surface area contributed by atoms with Gasteiger partial charge in [-0.2, -0.15) is 9.97 Å². The van der Waals surface area contributed by atoms with Crippen molar-refractivity contribution in [1.82, 2.24) is 9.97 Å². The lowest BCUT2D eigenvalue weighted by atomic mass is 10.2. The molecule has 0 aliphatic carbocycles. The van der Waals surface area contributed by atoms with Crippen LogP contribution in [-0.2, 0) is 0 Å². The maximum Gasteiger partial charge on any atom is 0.225 e. The Balaban J connectivity index is 2.34. The Hall–Kier alpha value is -1.52. The second-order valence-corrected chi connectivity index (χ2v) is 4.64. The molecule has 0 radical (unpaired) electrons. The van der Waals surface area contributed by atoms with Gasteiger partial charge in [-0.3, -0.25) is 0 Å². The molecule has 0 saturated carbocycles. The Morgan fingerprint density at radius 3 is 2.63 bits per heavy atom. The van der Waals surface area contributed by atoms with Gasteiger partial charge < -0.3 is 15.8 Å². The van der Waals surface area contributed by atoms with Gasteiger partial charge in [0.25, 0.3) is 0 Å². The number of hydrogen-bond acceptors (Lipinski definition) is 5. The number of hydrogen-bond donors (Lipinski definition) is 2. The molecular formula is C14H26N4O. The van der Waals surface area contributed by atoms with Crippen LogP contribution in [0.4, 0.5) is 11.8 Å². The SMILES string of the molecule is CCCCCCCOc1cc(NCCC)nc(N)n1. The summed E-state index contributed by atoms with van der Waals surface area (Å²) >= 11 is 0. The first kappa shape index (κ1) is 15.5. The summed E-state index contributed by atoms with van der Waals surface area (Å²) in [5.41, 5.74) is 5.66. The van der Waals surface area contributed by atoms with E-state index in [9.17, 15) is 0 Å². The molecule has 0 fully saturated rings. The zero-order valence-corrected chi connectivity index (χ0v) is 12.1. The van der Waals surface area contributed by atoms with Gasteiger partial charge in [-0.1, -0.05) is 39.5 Å². The molecule has 19 heavy (non-hydrogen) atoms. The van der Waals surface area contributed by atoms with Gasteiger partial charge in [-0.25, -0.2) is 0 Å². The minimum atomic E-state index is 0.252. The fourth-order valence-corrected chi connectivity index (χ4v) is 1.74. The third-order valence-electron chi connectivity index (χ3n) is 2.77. The quantitative estimate of drug-likeness (QED) is 0.636. The number of unbranched alkanes of at least 4 members (excludes halogenated alkanes) is 4. The van der Waals surface area contributed by atoms with E-state index in [-0.39, 0.29) is 5.95 Å². The van der Waals surface area contributed by atoms with E-state index in [1.165, 1.54) is 25.7 Å². The zero-order valence-electron chi connectivity index (χ0n) is 12.1. The van der Waals surface area contributed by atoms with Crippen LogP contribution in [0.1, 0.15) is 52.4 Å². The molecule has 0 bridgehead atoms. The summed E-state index contributed by atoms with van der Waals surface area (Å²) in [5.74, 6) is 1.54. The number of nitrogen functional groups attached to an aromatic ring is 1. The lowest BCUT2D eigenvalue weighted by Crippen LogP contribution is -2.07. The van der Waals surface area contributed by atoms with Crippen molar-refractivity contribution in [2.75, 3.05) is 24.2 Å². The summed E-state index contributed by atoms with van der Waals surface area (Å²) in [6.07, 6.45) is 7.13. The van der Waals surface area contributed by atoms with Gasteiger partial charge in [0, 0.05) is 12.6 Å². The van der Waals surface area contributed by atoms with E-state index in [4.69, 9.17) is 10.5 Å². The molecule has 1 aromatic rings. The van der Waals surface area contributed by atoms with Crippen LogP contribution < -0.4 is 15.8 Å². The minimum Gasteiger partial charge on any atom is -0.477 e. The molecule has 0 aliphatic heterocycles. The van der Waals surface area contributed by atoms with Gasteiger partial charge in [0.2, 0.25) is 11.8 Å². The molecule has 0 aliphatic rings. The summed E-state index contributed by atoms with van der Waals surface area (Å²) in [4.78, 5) is 8.20. The molecule has 3 N–H and O–H groups in total. The van der Waals surface area contributed by atoms with Crippen molar-refractivity contribution in [2.24, 2.45) is 0 Å². The van der Waals surface area contributed by atoms with Crippen molar-refractivity contribution in [2.45, 2.75) is 52.4 Å². The van der Waals surface area contributed by atoms with E-state index in [0.717, 1.165) is 25.2 Å². The van der Waals surface area contributed by atoms with Crippen molar-refractivity contribution in [3.05, 3.63) is 6.07 Å². The van der Waals surface area contributed by atoms with Crippen LogP contribution in [-0.4, -0.2) is 23.1 Å². The topological polar surface area (TPSA) is 73.1 Å². The molecule has 0 amide bonds. The number of aromatic nitrogens is 2. The van der Waals surface area contributed by atoms with Gasteiger partial charge in [0.1, 0.15) is 5.82 Å². The largest absolute Gasteiger partial charge is 0.477 e. The molecular weight excluding hydrogens is 240 g/mol. The number of nitrogens with two attached hydrogens (primary N) is 1. The van der Waals surface area contributed by atoms with Crippen molar-refractivity contribution < 1.29 is 4.74 Å². The van der Waals surface area contributed by atoms with Crippen molar-refractivity contribution in [3.8, 4) is 5.88 Å². The molecule has 1 rings (SSSR count). The predicted molar refractivity (Wildman–Crippen MR) is 79.5 cm³/mol. The van der Waals surface area contributed by atoms with Crippen LogP contribution in [0.15, 0.2) is 6.07 Å². The lowest BCUT2D eigenvalue weighted by Gasteiger charge is -2.08. The first-order valence-corrected chi connectivity index (χ1v) is 7.27. The standard InChI is InChI=1S/C14H26N4O/c1-3-5-6-7-8-10-19-13-11-12(16-9-4-2)17-14(15)18-13/h11H,3-10H2,1-2H3,(H3,15,16,17,18). The number of nitrogens with zero attached hydrogens (tertiary/aromatic N) is 2. The molecule has 108 valence electrons. The van der Waals surface area contributed by atoms with Crippen LogP contribution in [0.3, 0.4) is 0 Å². The maximum atomic E-state index is 5.66. The third kappa shape index (κ3) is 6.84. The Morgan fingerprint density at radius 1 is 1.11 bits per heavy atom. The Bertz CT molecular complexity index is 357. The average Bonchev–Trinajstić information content (AvgIpc) is 2.40. The zero-order chi connectivity index (χ0) is 13.9. The highest BCUT2D eigenvalue weighted by Gasteiger charge is 2.02. The molecule has 5 nitrogen and oxygen atoms in total. The van der Waals surface area contributed by atoms with Crippen LogP contribution in [0, 0.1) is 0 Å². The molecule has 0 spiro atoms. The predicted octanol–water partition coefficient (Wildman–Crippen LogP) is 3.23. The van der Waals surface area contributed by atoms with Crippen LogP contribution in [0.25, 0.3) is 0 Å². The van der Waals surface area contributed by atoms with Crippen molar-refractivity contribution in [3.63, 3.8) is 0 Å². The minimum absolute atomic E-state index is 0.252. The molecule has 1 aromatic heterocycles. The molecule has 1 heterocycles. The van der Waals surface area contributed by atoms with E-state index >= 15 is 0 Å². The van der Waals surface area contributed by atoms with Crippen molar-refractivity contribution in [1.29, 1.82) is 0 Å². The van der Waals surface area contributed by atoms with Gasteiger partial charge in [0.15, 0.2) is 0 Å². The van der Waals surface area contributed by atoms with Gasteiger partial charge in [-0.15, -0.1) is 0 Å². The normalized spacial score (nSPS) is 10.4. The fourth-order valence-electron chi connectivity index (χ4n) is 1.74. The van der Waals surface area contributed by atoms with Gasteiger partial charge in [0.05, 0.1) is 6.61 Å². The number of ether oxygens (including phenoxy) is 1. The highest BCUT2D eigenvalue weighted by Crippen LogP contribution is 2.15. The second kappa shape index (κ2) is 9.42. The summed E-state index contributed by atoms with van der Waals surface area (Å²) in [6, 6.07) is 1.80. The first-order chi connectivity index (χ1) is 9.26. The van der Waals surface area contributed by atoms with Crippen LogP contribution >= 0.6 is 0 Å². The molecule has 0 aromatic carbocycles. The number of rotatable bonds is 10. The monoisotopic (exact) mass is 266 g/mol. The van der Waals surface area contributed by atoms with E-state index in [1.807, 2.05) is 0 Å². The fraction of sp³-hybridized carbons (Fsp3) is 0.714. The van der Waals surface area contributed by atoms with E-state index in [2.05, 4.69) is 29.1 Å². The van der Waals surface area contributed by atoms with E-state index < -0.39 is 0 Å². The number of nitrogens with one attached hydrogen (secondary N) is 1. The summed E-state index contributed by atoms with van der Waals surface area (Å²) in [7, 11) is 0. The Labute approximate surface area is 116 Å².